The lowest BCUT2D eigenvalue weighted by Crippen LogP contribution is -2.17. The Balaban J connectivity index is 2.86. The van der Waals surface area contributed by atoms with Crippen molar-refractivity contribution in [1.29, 1.82) is 0 Å². The van der Waals surface area contributed by atoms with Crippen LogP contribution in [0.25, 0.3) is 10.9 Å². The topological polar surface area (TPSA) is 102 Å². The van der Waals surface area contributed by atoms with Crippen LogP contribution in [0.5, 0.6) is 0 Å². The number of nitro groups is 1. The Hall–Kier alpha value is -1.79. The van der Waals surface area contributed by atoms with Gasteiger partial charge in [-0.1, -0.05) is 6.92 Å². The highest BCUT2D eigenvalue weighted by molar-refractivity contribution is 7.99. The summed E-state index contributed by atoms with van der Waals surface area (Å²) in [6.45, 7) is 1.82. The van der Waals surface area contributed by atoms with E-state index in [1.807, 2.05) is 6.92 Å². The van der Waals surface area contributed by atoms with Gasteiger partial charge in [0.1, 0.15) is 11.7 Å². The van der Waals surface area contributed by atoms with Crippen molar-refractivity contribution < 1.29 is 31.6 Å². The molecule has 0 aliphatic heterocycles. The lowest BCUT2D eigenvalue weighted by molar-refractivity contribution is -0.387. The van der Waals surface area contributed by atoms with Crippen LogP contribution in [0.1, 0.15) is 24.3 Å². The van der Waals surface area contributed by atoms with Gasteiger partial charge in [0.25, 0.3) is 5.69 Å². The first-order valence-electron chi connectivity index (χ1n) is 7.25. The minimum Gasteiger partial charge on any atom is -0.386 e. The summed E-state index contributed by atoms with van der Waals surface area (Å²) in [5.74, 6) is 0.760. The van der Waals surface area contributed by atoms with E-state index in [0.29, 0.717) is 21.9 Å². The number of hydrogen-bond acceptors (Lipinski definition) is 6. The normalized spacial score (nSPS) is 13.9. The van der Waals surface area contributed by atoms with Gasteiger partial charge in [-0.2, -0.15) is 24.9 Å². The predicted molar refractivity (Wildman–Crippen MR) is 91.8 cm³/mol. The molecule has 0 fully saturated rings. The van der Waals surface area contributed by atoms with E-state index in [1.54, 1.807) is 0 Å². The second kappa shape index (κ2) is 7.08. The number of aromatic nitrogens is 1. The van der Waals surface area contributed by atoms with Crippen LogP contribution in [-0.2, 0) is 16.2 Å². The number of alkyl halides is 3. The molecule has 0 amide bonds. The fourth-order valence-electron chi connectivity index (χ4n) is 2.54. The molecule has 1 heterocycles. The second-order valence-corrected chi connectivity index (χ2v) is 8.61. The molecule has 26 heavy (non-hydrogen) atoms. The molecule has 144 valence electrons. The summed E-state index contributed by atoms with van der Waals surface area (Å²) in [6.07, 6.45) is -5.53. The summed E-state index contributed by atoms with van der Waals surface area (Å²) in [4.78, 5) is 9.83. The Morgan fingerprint density at radius 1 is 1.35 bits per heavy atom. The maximum Gasteiger partial charge on any atom is 0.423 e. The molecule has 0 aliphatic carbocycles. The summed E-state index contributed by atoms with van der Waals surface area (Å²) < 4.78 is 64.4. The number of rotatable bonds is 6. The summed E-state index contributed by atoms with van der Waals surface area (Å²) in [5, 5.41) is 21.2. The van der Waals surface area contributed by atoms with E-state index >= 15 is 0 Å². The third kappa shape index (κ3) is 3.96. The maximum atomic E-state index is 13.2. The summed E-state index contributed by atoms with van der Waals surface area (Å²) in [6, 6.07) is 2.26. The Morgan fingerprint density at radius 2 is 1.96 bits per heavy atom. The number of nitro benzene ring substituents is 1. The number of aliphatic hydroxyl groups excluding tert-OH is 1. The molecule has 0 radical (unpaired) electrons. The van der Waals surface area contributed by atoms with Gasteiger partial charge < -0.3 is 5.11 Å². The minimum atomic E-state index is -5.04. The largest absolute Gasteiger partial charge is 0.423 e. The number of nitrogens with zero attached hydrogens (tertiary/aromatic N) is 2. The van der Waals surface area contributed by atoms with Crippen molar-refractivity contribution in [2.75, 3.05) is 17.8 Å². The quantitative estimate of drug-likeness (QED) is 0.578. The summed E-state index contributed by atoms with van der Waals surface area (Å²) in [7, 11) is -4.07. The van der Waals surface area contributed by atoms with Crippen LogP contribution in [-0.4, -0.2) is 40.2 Å². The summed E-state index contributed by atoms with van der Waals surface area (Å²) in [5.41, 5.74) is -3.25. The van der Waals surface area contributed by atoms with Crippen molar-refractivity contribution in [3.63, 3.8) is 0 Å². The predicted octanol–water partition coefficient (Wildman–Crippen LogP) is 3.16. The van der Waals surface area contributed by atoms with E-state index in [1.165, 1.54) is 11.8 Å². The van der Waals surface area contributed by atoms with E-state index in [0.717, 1.165) is 12.3 Å². The average Bonchev–Trinajstić information content (AvgIpc) is 2.89. The van der Waals surface area contributed by atoms with E-state index in [-0.39, 0.29) is 22.3 Å². The van der Waals surface area contributed by atoms with Gasteiger partial charge in [-0.25, -0.2) is 12.4 Å². The maximum absolute atomic E-state index is 13.2. The number of fused-ring (bicyclic) bond motifs is 1. The van der Waals surface area contributed by atoms with E-state index in [9.17, 15) is 36.8 Å². The first-order chi connectivity index (χ1) is 11.9. The van der Waals surface area contributed by atoms with Crippen LogP contribution in [0, 0.1) is 10.1 Å². The average molecular weight is 412 g/mol. The fraction of sp³-hybridized carbons (Fsp3) is 0.429. The van der Waals surface area contributed by atoms with Crippen LogP contribution in [0.3, 0.4) is 0 Å². The molecule has 1 aromatic carbocycles. The van der Waals surface area contributed by atoms with Gasteiger partial charge in [-0.3, -0.25) is 10.1 Å². The van der Waals surface area contributed by atoms with Crippen LogP contribution < -0.4 is 0 Å². The van der Waals surface area contributed by atoms with Gasteiger partial charge in [-0.15, -0.1) is 0 Å². The molecule has 0 saturated heterocycles. The standard InChI is InChI=1S/C14H15F3N2O5S2/c1-3-25-7-13(20)12-5-8-4-11(19(21)22)9(14(15,16)17)6-10(8)18(12)26(2,23)24/h4-6,13,20H,3,7H2,1-2H3/t13-/m0/s1. The molecule has 7 nitrogen and oxygen atoms in total. The number of hydrogen-bond donors (Lipinski definition) is 1. The Bertz CT molecular complexity index is 954. The lowest BCUT2D eigenvalue weighted by Gasteiger charge is -2.14. The van der Waals surface area contributed by atoms with Gasteiger partial charge in [0, 0.05) is 17.2 Å². The zero-order chi connectivity index (χ0) is 19.9. The molecule has 0 bridgehead atoms. The molecule has 12 heteroatoms. The first-order valence-corrected chi connectivity index (χ1v) is 10.3. The number of thioether (sulfide) groups is 1. The zero-order valence-corrected chi connectivity index (χ0v) is 15.3. The third-order valence-corrected chi connectivity index (χ3v) is 5.59. The Kier molecular flexibility index (Phi) is 5.59. The second-order valence-electron chi connectivity index (χ2n) is 5.45. The molecule has 0 aliphatic rings. The first kappa shape index (κ1) is 20.5. The molecule has 2 aromatic rings. The Labute approximate surface area is 151 Å². The van der Waals surface area contributed by atoms with Crippen LogP contribution >= 0.6 is 11.8 Å². The minimum absolute atomic E-state index is 0.0781. The number of halogens is 3. The highest BCUT2D eigenvalue weighted by Gasteiger charge is 2.39. The van der Waals surface area contributed by atoms with Crippen LogP contribution in [0.4, 0.5) is 18.9 Å². The smallest absolute Gasteiger partial charge is 0.386 e. The van der Waals surface area contributed by atoms with Crippen molar-refractivity contribution in [1.82, 2.24) is 3.97 Å². The molecule has 0 saturated carbocycles. The van der Waals surface area contributed by atoms with Crippen molar-refractivity contribution in [2.45, 2.75) is 19.2 Å². The monoisotopic (exact) mass is 412 g/mol. The lowest BCUT2D eigenvalue weighted by atomic mass is 10.1. The van der Waals surface area contributed by atoms with E-state index < -0.39 is 38.5 Å². The molecule has 1 N–H and O–H groups in total. The third-order valence-electron chi connectivity index (χ3n) is 3.56. The molecule has 1 atom stereocenters. The fourth-order valence-corrected chi connectivity index (χ4v) is 4.24. The Morgan fingerprint density at radius 3 is 2.42 bits per heavy atom. The molecule has 2 rings (SSSR count). The molecule has 0 unspecified atom stereocenters. The molecular weight excluding hydrogens is 397 g/mol. The van der Waals surface area contributed by atoms with Crippen molar-refractivity contribution >= 4 is 38.4 Å². The SMILES string of the molecule is CCSC[C@H](O)c1cc2cc([N+](=O)[O-])c(C(F)(F)F)cc2n1S(C)(=O)=O. The zero-order valence-electron chi connectivity index (χ0n) is 13.6. The van der Waals surface area contributed by atoms with Crippen molar-refractivity contribution in [3.8, 4) is 0 Å². The van der Waals surface area contributed by atoms with Gasteiger partial charge in [0.05, 0.1) is 22.4 Å². The van der Waals surface area contributed by atoms with Gasteiger partial charge in [0.2, 0.25) is 10.0 Å². The molecule has 0 spiro atoms. The number of benzene rings is 1. The number of aliphatic hydroxyl groups is 1. The molecule has 1 aromatic heterocycles. The van der Waals surface area contributed by atoms with E-state index in [2.05, 4.69) is 0 Å². The van der Waals surface area contributed by atoms with Crippen LogP contribution in [0.15, 0.2) is 18.2 Å². The van der Waals surface area contributed by atoms with Gasteiger partial charge >= 0.3 is 6.18 Å². The van der Waals surface area contributed by atoms with Crippen molar-refractivity contribution in [3.05, 3.63) is 39.6 Å². The van der Waals surface area contributed by atoms with Gasteiger partial charge in [-0.05, 0) is 17.9 Å². The highest BCUT2D eigenvalue weighted by atomic mass is 32.2. The van der Waals surface area contributed by atoms with Crippen LogP contribution in [0.2, 0.25) is 0 Å². The molecular formula is C14H15F3N2O5S2. The highest BCUT2D eigenvalue weighted by Crippen LogP contribution is 2.40. The van der Waals surface area contributed by atoms with Gasteiger partial charge in [0.15, 0.2) is 0 Å². The summed E-state index contributed by atoms with van der Waals surface area (Å²) >= 11 is 1.31. The van der Waals surface area contributed by atoms with E-state index in [4.69, 9.17) is 0 Å². The van der Waals surface area contributed by atoms with Crippen molar-refractivity contribution in [2.24, 2.45) is 0 Å².